The molecular formula is C16H33NO. The SMILES string of the molecule is CCCC1CCC(O)C(N(CC(C)C)C(C)C)C1. The van der Waals surface area contributed by atoms with Crippen LogP contribution in [0.5, 0.6) is 0 Å². The molecule has 1 saturated carbocycles. The molecule has 108 valence electrons. The van der Waals surface area contributed by atoms with Crippen LogP contribution < -0.4 is 0 Å². The molecule has 0 radical (unpaired) electrons. The highest BCUT2D eigenvalue weighted by Crippen LogP contribution is 2.32. The summed E-state index contributed by atoms with van der Waals surface area (Å²) < 4.78 is 0. The molecule has 0 amide bonds. The summed E-state index contributed by atoms with van der Waals surface area (Å²) in [6, 6.07) is 0.921. The first-order chi connectivity index (χ1) is 8.45. The van der Waals surface area contributed by atoms with E-state index >= 15 is 0 Å². The maximum Gasteiger partial charge on any atom is 0.0695 e. The van der Waals surface area contributed by atoms with Crippen LogP contribution in [-0.2, 0) is 0 Å². The van der Waals surface area contributed by atoms with Crippen LogP contribution in [0.4, 0.5) is 0 Å². The number of aliphatic hydroxyl groups excluding tert-OH is 1. The molecule has 0 spiro atoms. The van der Waals surface area contributed by atoms with Crippen LogP contribution in [0.2, 0.25) is 0 Å². The van der Waals surface area contributed by atoms with Crippen molar-refractivity contribution in [1.82, 2.24) is 4.90 Å². The van der Waals surface area contributed by atoms with E-state index in [1.54, 1.807) is 0 Å². The van der Waals surface area contributed by atoms with Gasteiger partial charge in [-0.25, -0.2) is 0 Å². The summed E-state index contributed by atoms with van der Waals surface area (Å²) in [5, 5.41) is 10.3. The van der Waals surface area contributed by atoms with Crippen molar-refractivity contribution in [3.8, 4) is 0 Å². The first-order valence-corrected chi connectivity index (χ1v) is 7.89. The number of rotatable bonds is 6. The standard InChI is InChI=1S/C16H33NO/c1-6-7-14-8-9-16(18)15(10-14)17(13(4)5)11-12(2)3/h12-16,18H,6-11H2,1-5H3. The van der Waals surface area contributed by atoms with Gasteiger partial charge in [0.2, 0.25) is 0 Å². The fourth-order valence-corrected chi connectivity index (χ4v) is 3.39. The lowest BCUT2D eigenvalue weighted by Crippen LogP contribution is -2.51. The first-order valence-electron chi connectivity index (χ1n) is 7.89. The first kappa shape index (κ1) is 16.0. The molecular weight excluding hydrogens is 222 g/mol. The zero-order valence-electron chi connectivity index (χ0n) is 13.0. The molecule has 2 heteroatoms. The Morgan fingerprint density at radius 1 is 1.17 bits per heavy atom. The number of nitrogens with zero attached hydrogens (tertiary/aromatic N) is 1. The second kappa shape index (κ2) is 7.49. The highest BCUT2D eigenvalue weighted by Gasteiger charge is 2.34. The third kappa shape index (κ3) is 4.55. The van der Waals surface area contributed by atoms with Crippen LogP contribution in [0.15, 0.2) is 0 Å². The molecule has 1 N–H and O–H groups in total. The van der Waals surface area contributed by atoms with E-state index in [-0.39, 0.29) is 6.10 Å². The lowest BCUT2D eigenvalue weighted by Gasteiger charge is -2.43. The van der Waals surface area contributed by atoms with Crippen LogP contribution in [0.25, 0.3) is 0 Å². The van der Waals surface area contributed by atoms with Gasteiger partial charge in [-0.05, 0) is 44.9 Å². The molecule has 18 heavy (non-hydrogen) atoms. The Morgan fingerprint density at radius 2 is 1.83 bits per heavy atom. The summed E-state index contributed by atoms with van der Waals surface area (Å²) in [5.41, 5.74) is 0. The van der Waals surface area contributed by atoms with Gasteiger partial charge in [0.25, 0.3) is 0 Å². The third-order valence-electron chi connectivity index (χ3n) is 4.25. The molecule has 1 aliphatic rings. The molecule has 0 aromatic carbocycles. The molecule has 3 unspecified atom stereocenters. The van der Waals surface area contributed by atoms with Gasteiger partial charge >= 0.3 is 0 Å². The minimum Gasteiger partial charge on any atom is -0.391 e. The number of hydrogen-bond donors (Lipinski definition) is 1. The van der Waals surface area contributed by atoms with Gasteiger partial charge in [-0.15, -0.1) is 0 Å². The molecule has 0 bridgehead atoms. The average Bonchev–Trinajstić information content (AvgIpc) is 2.28. The van der Waals surface area contributed by atoms with Crippen molar-refractivity contribution in [1.29, 1.82) is 0 Å². The average molecular weight is 255 g/mol. The van der Waals surface area contributed by atoms with Gasteiger partial charge in [-0.1, -0.05) is 33.6 Å². The van der Waals surface area contributed by atoms with Crippen LogP contribution in [0.1, 0.15) is 66.7 Å². The Kier molecular flexibility index (Phi) is 6.65. The molecule has 1 aliphatic carbocycles. The van der Waals surface area contributed by atoms with Crippen molar-refractivity contribution >= 4 is 0 Å². The molecule has 0 heterocycles. The van der Waals surface area contributed by atoms with Crippen molar-refractivity contribution in [3.63, 3.8) is 0 Å². The highest BCUT2D eigenvalue weighted by atomic mass is 16.3. The van der Waals surface area contributed by atoms with Gasteiger partial charge in [-0.2, -0.15) is 0 Å². The van der Waals surface area contributed by atoms with Gasteiger partial charge < -0.3 is 5.11 Å². The summed E-state index contributed by atoms with van der Waals surface area (Å²) in [5.74, 6) is 1.50. The van der Waals surface area contributed by atoms with E-state index in [2.05, 4.69) is 39.5 Å². The summed E-state index contributed by atoms with van der Waals surface area (Å²) in [6.45, 7) is 12.5. The van der Waals surface area contributed by atoms with E-state index in [0.717, 1.165) is 18.9 Å². The molecule has 2 nitrogen and oxygen atoms in total. The largest absolute Gasteiger partial charge is 0.391 e. The van der Waals surface area contributed by atoms with Gasteiger partial charge in [0.1, 0.15) is 0 Å². The topological polar surface area (TPSA) is 23.5 Å². The Labute approximate surface area is 114 Å². The molecule has 1 fully saturated rings. The molecule has 0 aromatic heterocycles. The van der Waals surface area contributed by atoms with Crippen LogP contribution in [0, 0.1) is 11.8 Å². The Hall–Kier alpha value is -0.0800. The molecule has 0 saturated heterocycles. The van der Waals surface area contributed by atoms with E-state index in [1.165, 1.54) is 25.7 Å². The minimum atomic E-state index is -0.112. The maximum atomic E-state index is 10.3. The number of aliphatic hydroxyl groups is 1. The molecule has 3 atom stereocenters. The highest BCUT2D eigenvalue weighted by molar-refractivity contribution is 4.88. The monoisotopic (exact) mass is 255 g/mol. The van der Waals surface area contributed by atoms with Gasteiger partial charge in [0.05, 0.1) is 6.10 Å². The van der Waals surface area contributed by atoms with E-state index < -0.39 is 0 Å². The maximum absolute atomic E-state index is 10.3. The van der Waals surface area contributed by atoms with Crippen molar-refractivity contribution in [2.24, 2.45) is 11.8 Å². The molecule has 0 aromatic rings. The second-order valence-corrected chi connectivity index (χ2v) is 6.79. The molecule has 0 aliphatic heterocycles. The predicted molar refractivity (Wildman–Crippen MR) is 78.7 cm³/mol. The van der Waals surface area contributed by atoms with Crippen LogP contribution in [-0.4, -0.2) is 34.7 Å². The summed E-state index contributed by atoms with van der Waals surface area (Å²) in [6.07, 6.45) is 5.91. The lowest BCUT2D eigenvalue weighted by molar-refractivity contribution is -0.0167. The Balaban J connectivity index is 2.67. The summed E-state index contributed by atoms with van der Waals surface area (Å²) in [7, 11) is 0. The zero-order valence-corrected chi connectivity index (χ0v) is 13.0. The van der Waals surface area contributed by atoms with Crippen LogP contribution in [0.3, 0.4) is 0 Å². The normalized spacial score (nSPS) is 29.5. The van der Waals surface area contributed by atoms with Crippen molar-refractivity contribution in [3.05, 3.63) is 0 Å². The van der Waals surface area contributed by atoms with Gasteiger partial charge in [0, 0.05) is 18.6 Å². The van der Waals surface area contributed by atoms with E-state index in [4.69, 9.17) is 0 Å². The predicted octanol–water partition coefficient (Wildman–Crippen LogP) is 3.68. The number of hydrogen-bond acceptors (Lipinski definition) is 2. The fourth-order valence-electron chi connectivity index (χ4n) is 3.39. The van der Waals surface area contributed by atoms with Crippen molar-refractivity contribution in [2.45, 2.75) is 84.9 Å². The smallest absolute Gasteiger partial charge is 0.0695 e. The second-order valence-electron chi connectivity index (χ2n) is 6.79. The van der Waals surface area contributed by atoms with E-state index in [1.807, 2.05) is 0 Å². The van der Waals surface area contributed by atoms with Gasteiger partial charge in [0.15, 0.2) is 0 Å². The summed E-state index contributed by atoms with van der Waals surface area (Å²) >= 11 is 0. The van der Waals surface area contributed by atoms with Crippen molar-refractivity contribution < 1.29 is 5.11 Å². The van der Waals surface area contributed by atoms with Gasteiger partial charge in [-0.3, -0.25) is 4.90 Å². The molecule has 1 rings (SSSR count). The minimum absolute atomic E-state index is 0.112. The lowest BCUT2D eigenvalue weighted by atomic mass is 9.80. The van der Waals surface area contributed by atoms with Crippen LogP contribution >= 0.6 is 0 Å². The Bertz CT molecular complexity index is 227. The Morgan fingerprint density at radius 3 is 2.33 bits per heavy atom. The van der Waals surface area contributed by atoms with Crippen molar-refractivity contribution in [2.75, 3.05) is 6.54 Å². The van der Waals surface area contributed by atoms with E-state index in [9.17, 15) is 5.11 Å². The van der Waals surface area contributed by atoms with E-state index in [0.29, 0.717) is 18.0 Å². The summed E-state index contributed by atoms with van der Waals surface area (Å²) in [4.78, 5) is 2.54. The third-order valence-corrected chi connectivity index (χ3v) is 4.25. The zero-order chi connectivity index (χ0) is 13.7. The quantitative estimate of drug-likeness (QED) is 0.782. The fraction of sp³-hybridized carbons (Fsp3) is 1.00.